The van der Waals surface area contributed by atoms with Crippen LogP contribution in [0.2, 0.25) is 0 Å². The van der Waals surface area contributed by atoms with Crippen LogP contribution in [0.3, 0.4) is 0 Å². The first-order valence-corrected chi connectivity index (χ1v) is 11.0. The third-order valence-corrected chi connectivity index (χ3v) is 6.12. The van der Waals surface area contributed by atoms with Crippen LogP contribution in [-0.4, -0.2) is 59.8 Å². The molecule has 5 rings (SSSR count). The molecule has 1 aliphatic rings. The summed E-state index contributed by atoms with van der Waals surface area (Å²) in [6.45, 7) is 4.92. The van der Waals surface area contributed by atoms with E-state index in [-0.39, 0.29) is 5.91 Å². The summed E-state index contributed by atoms with van der Waals surface area (Å²) in [5.74, 6) is 0.637. The number of hydrogen-bond acceptors (Lipinski definition) is 7. The number of nitrogens with one attached hydrogen (secondary N) is 1. The number of amides is 1. The molecule has 1 aromatic heterocycles. The van der Waals surface area contributed by atoms with Gasteiger partial charge in [-0.15, -0.1) is 5.10 Å². The number of anilines is 1. The zero-order valence-electron chi connectivity index (χ0n) is 16.9. The van der Waals surface area contributed by atoms with Crippen LogP contribution in [0.15, 0.2) is 54.6 Å². The van der Waals surface area contributed by atoms with Crippen LogP contribution in [0.25, 0.3) is 21.0 Å². The van der Waals surface area contributed by atoms with Gasteiger partial charge in [-0.05, 0) is 41.9 Å². The fraction of sp³-hybridized carbons (Fsp3) is 0.261. The molecule has 8 heteroatoms. The standard InChI is InChI=1S/C23H22N4O3S/c28-23(16-5-8-22-20(15-16)25-26-31-22)24-19-6-7-21(18-4-2-1-3-17(18)19)30-14-11-27-9-12-29-13-10-27/h1-8,15H,9-14H2,(H,24,28). The highest BCUT2D eigenvalue weighted by Crippen LogP contribution is 2.32. The molecular formula is C23H22N4O3S. The molecule has 1 aliphatic heterocycles. The first kappa shape index (κ1) is 19.9. The number of fused-ring (bicyclic) bond motifs is 2. The Kier molecular flexibility index (Phi) is 5.75. The summed E-state index contributed by atoms with van der Waals surface area (Å²) in [6.07, 6.45) is 0. The fourth-order valence-corrected chi connectivity index (χ4v) is 4.27. The lowest BCUT2D eigenvalue weighted by Gasteiger charge is -2.26. The zero-order valence-corrected chi connectivity index (χ0v) is 17.7. The summed E-state index contributed by atoms with van der Waals surface area (Å²) in [7, 11) is 0. The molecule has 0 spiro atoms. The van der Waals surface area contributed by atoms with E-state index in [1.54, 1.807) is 12.1 Å². The maximum absolute atomic E-state index is 12.9. The summed E-state index contributed by atoms with van der Waals surface area (Å²) in [6, 6.07) is 17.2. The van der Waals surface area contributed by atoms with Gasteiger partial charge in [0.1, 0.15) is 17.9 Å². The van der Waals surface area contributed by atoms with Gasteiger partial charge in [0.05, 0.1) is 17.9 Å². The SMILES string of the molecule is O=C(Nc1ccc(OCCN2CCOCC2)c2ccccc12)c1ccc2snnc2c1. The van der Waals surface area contributed by atoms with Crippen molar-refractivity contribution in [2.24, 2.45) is 0 Å². The molecule has 1 fully saturated rings. The number of aromatic nitrogens is 2. The summed E-state index contributed by atoms with van der Waals surface area (Å²) in [5.41, 5.74) is 2.03. The summed E-state index contributed by atoms with van der Waals surface area (Å²) in [5, 5.41) is 9.00. The van der Waals surface area contributed by atoms with Crippen LogP contribution in [0, 0.1) is 0 Å². The molecule has 7 nitrogen and oxygen atoms in total. The van der Waals surface area contributed by atoms with Crippen molar-refractivity contribution in [3.05, 3.63) is 60.2 Å². The van der Waals surface area contributed by atoms with Crippen molar-refractivity contribution in [3.8, 4) is 5.75 Å². The molecule has 0 unspecified atom stereocenters. The molecular weight excluding hydrogens is 412 g/mol. The lowest BCUT2D eigenvalue weighted by molar-refractivity contribution is 0.0323. The van der Waals surface area contributed by atoms with E-state index in [2.05, 4.69) is 19.8 Å². The Morgan fingerprint density at radius 3 is 2.81 bits per heavy atom. The van der Waals surface area contributed by atoms with E-state index in [4.69, 9.17) is 9.47 Å². The topological polar surface area (TPSA) is 76.6 Å². The minimum absolute atomic E-state index is 0.180. The lowest BCUT2D eigenvalue weighted by Crippen LogP contribution is -2.38. The predicted molar refractivity (Wildman–Crippen MR) is 122 cm³/mol. The van der Waals surface area contributed by atoms with Crippen molar-refractivity contribution in [2.45, 2.75) is 0 Å². The monoisotopic (exact) mass is 434 g/mol. The molecule has 158 valence electrons. The lowest BCUT2D eigenvalue weighted by atomic mass is 10.1. The summed E-state index contributed by atoms with van der Waals surface area (Å²) in [4.78, 5) is 15.2. The number of carbonyl (C=O) groups is 1. The van der Waals surface area contributed by atoms with Crippen molar-refractivity contribution >= 4 is 44.1 Å². The molecule has 31 heavy (non-hydrogen) atoms. The van der Waals surface area contributed by atoms with Crippen LogP contribution in [0.4, 0.5) is 5.69 Å². The minimum Gasteiger partial charge on any atom is -0.492 e. The first-order chi connectivity index (χ1) is 15.3. The molecule has 1 saturated heterocycles. The molecule has 0 saturated carbocycles. The molecule has 0 atom stereocenters. The third-order valence-electron chi connectivity index (χ3n) is 5.41. The number of morpholine rings is 1. The molecule has 1 amide bonds. The van der Waals surface area contributed by atoms with Crippen LogP contribution in [-0.2, 0) is 4.74 Å². The molecule has 2 heterocycles. The average Bonchev–Trinajstić information content (AvgIpc) is 3.29. The largest absolute Gasteiger partial charge is 0.492 e. The zero-order chi connectivity index (χ0) is 21.0. The van der Waals surface area contributed by atoms with E-state index in [0.29, 0.717) is 12.2 Å². The van der Waals surface area contributed by atoms with E-state index in [0.717, 1.165) is 65.3 Å². The highest BCUT2D eigenvalue weighted by Gasteiger charge is 2.14. The van der Waals surface area contributed by atoms with Gasteiger partial charge in [-0.1, -0.05) is 28.8 Å². The molecule has 0 radical (unpaired) electrons. The van der Waals surface area contributed by atoms with E-state index < -0.39 is 0 Å². The summed E-state index contributed by atoms with van der Waals surface area (Å²) >= 11 is 1.31. The molecule has 0 bridgehead atoms. The number of ether oxygens (including phenoxy) is 2. The van der Waals surface area contributed by atoms with Crippen LogP contribution in [0.1, 0.15) is 10.4 Å². The Morgan fingerprint density at radius 1 is 1.10 bits per heavy atom. The Balaban J connectivity index is 1.33. The van der Waals surface area contributed by atoms with E-state index in [1.807, 2.05) is 42.5 Å². The molecule has 3 aromatic carbocycles. The molecule has 1 N–H and O–H groups in total. The van der Waals surface area contributed by atoms with Crippen molar-refractivity contribution < 1.29 is 14.3 Å². The quantitative estimate of drug-likeness (QED) is 0.497. The van der Waals surface area contributed by atoms with Gasteiger partial charge in [0, 0.05) is 41.7 Å². The number of benzene rings is 3. The summed E-state index contributed by atoms with van der Waals surface area (Å²) < 4.78 is 16.4. The van der Waals surface area contributed by atoms with E-state index >= 15 is 0 Å². The maximum atomic E-state index is 12.9. The van der Waals surface area contributed by atoms with E-state index in [9.17, 15) is 4.79 Å². The number of rotatable bonds is 6. The van der Waals surface area contributed by atoms with Gasteiger partial charge < -0.3 is 14.8 Å². The Hall–Kier alpha value is -3.07. The first-order valence-electron chi connectivity index (χ1n) is 10.3. The maximum Gasteiger partial charge on any atom is 0.255 e. The van der Waals surface area contributed by atoms with Gasteiger partial charge in [-0.3, -0.25) is 9.69 Å². The van der Waals surface area contributed by atoms with Gasteiger partial charge in [-0.25, -0.2) is 0 Å². The van der Waals surface area contributed by atoms with Crippen LogP contribution < -0.4 is 10.1 Å². The van der Waals surface area contributed by atoms with Crippen molar-refractivity contribution in [3.63, 3.8) is 0 Å². The Labute approximate surface area is 183 Å². The third kappa shape index (κ3) is 4.36. The van der Waals surface area contributed by atoms with Gasteiger partial charge >= 0.3 is 0 Å². The van der Waals surface area contributed by atoms with Crippen molar-refractivity contribution in [1.29, 1.82) is 0 Å². The van der Waals surface area contributed by atoms with Gasteiger partial charge in [0.2, 0.25) is 0 Å². The van der Waals surface area contributed by atoms with Crippen molar-refractivity contribution in [1.82, 2.24) is 14.5 Å². The molecule has 4 aromatic rings. The number of nitrogens with zero attached hydrogens (tertiary/aromatic N) is 3. The van der Waals surface area contributed by atoms with Crippen molar-refractivity contribution in [2.75, 3.05) is 44.8 Å². The van der Waals surface area contributed by atoms with Crippen LogP contribution >= 0.6 is 11.5 Å². The van der Waals surface area contributed by atoms with Gasteiger partial charge in [-0.2, -0.15) is 0 Å². The second-order valence-corrected chi connectivity index (χ2v) is 8.15. The highest BCUT2D eigenvalue weighted by molar-refractivity contribution is 7.12. The second-order valence-electron chi connectivity index (χ2n) is 7.37. The predicted octanol–water partition coefficient (Wildman–Crippen LogP) is 3.81. The molecule has 0 aliphatic carbocycles. The van der Waals surface area contributed by atoms with E-state index in [1.165, 1.54) is 11.5 Å². The second kappa shape index (κ2) is 8.97. The smallest absolute Gasteiger partial charge is 0.255 e. The van der Waals surface area contributed by atoms with Gasteiger partial charge in [0.15, 0.2) is 0 Å². The fourth-order valence-electron chi connectivity index (χ4n) is 3.73. The minimum atomic E-state index is -0.180. The van der Waals surface area contributed by atoms with Crippen LogP contribution in [0.5, 0.6) is 5.75 Å². The average molecular weight is 435 g/mol. The highest BCUT2D eigenvalue weighted by atomic mass is 32.1. The number of carbonyl (C=O) groups excluding carboxylic acids is 1. The Bertz CT molecular complexity index is 1220. The normalized spacial score (nSPS) is 14.7. The van der Waals surface area contributed by atoms with Gasteiger partial charge in [0.25, 0.3) is 5.91 Å². The Morgan fingerprint density at radius 2 is 1.94 bits per heavy atom. The number of hydrogen-bond donors (Lipinski definition) is 1.